The number of anilines is 2. The number of hydrogen-bond acceptors (Lipinski definition) is 4. The maximum absolute atomic E-state index is 8.74. The molecule has 2 aromatic rings. The molecular weight excluding hydrogens is 218 g/mol. The summed E-state index contributed by atoms with van der Waals surface area (Å²) in [6, 6.07) is 10.3. The van der Waals surface area contributed by atoms with E-state index in [1.165, 1.54) is 16.9 Å². The number of thiazole rings is 1. The van der Waals surface area contributed by atoms with Crippen molar-refractivity contribution < 1.29 is 0 Å². The van der Waals surface area contributed by atoms with Crippen LogP contribution in [-0.4, -0.2) is 12.0 Å². The molecule has 0 aliphatic heterocycles. The smallest absolute Gasteiger partial charge is 0.190 e. The monoisotopic (exact) mass is 229 g/mol. The van der Waals surface area contributed by atoms with Crippen molar-refractivity contribution in [2.45, 2.75) is 6.92 Å². The molecule has 2 rings (SSSR count). The molecule has 0 unspecified atom stereocenters. The molecule has 0 aliphatic carbocycles. The molecule has 1 aromatic carbocycles. The summed E-state index contributed by atoms with van der Waals surface area (Å²) in [7, 11) is 1.95. The van der Waals surface area contributed by atoms with Gasteiger partial charge in [-0.25, -0.2) is 4.98 Å². The molecule has 0 bridgehead atoms. The van der Waals surface area contributed by atoms with E-state index >= 15 is 0 Å². The largest absolute Gasteiger partial charge is 0.321 e. The minimum absolute atomic E-state index is 0.633. The zero-order valence-electron chi connectivity index (χ0n) is 9.14. The second-order valence-electron chi connectivity index (χ2n) is 3.51. The Morgan fingerprint density at radius 2 is 2.00 bits per heavy atom. The van der Waals surface area contributed by atoms with Crippen LogP contribution >= 0.6 is 11.3 Å². The number of aromatic nitrogens is 1. The molecule has 4 heteroatoms. The summed E-state index contributed by atoms with van der Waals surface area (Å²) in [5.74, 6) is 0. The van der Waals surface area contributed by atoms with Crippen molar-refractivity contribution >= 4 is 22.2 Å². The van der Waals surface area contributed by atoms with Crippen LogP contribution in [0.25, 0.3) is 0 Å². The van der Waals surface area contributed by atoms with E-state index in [2.05, 4.69) is 30.1 Å². The maximum atomic E-state index is 8.74. The van der Waals surface area contributed by atoms with Gasteiger partial charge in [0.15, 0.2) is 5.13 Å². The molecule has 0 saturated heterocycles. The van der Waals surface area contributed by atoms with Crippen molar-refractivity contribution in [3.63, 3.8) is 0 Å². The fraction of sp³-hybridized carbons (Fsp3) is 0.167. The summed E-state index contributed by atoms with van der Waals surface area (Å²) in [6.45, 7) is 2.06. The highest BCUT2D eigenvalue weighted by Crippen LogP contribution is 2.27. The van der Waals surface area contributed by atoms with Crippen molar-refractivity contribution in [1.82, 2.24) is 4.98 Å². The molecule has 16 heavy (non-hydrogen) atoms. The third-order valence-corrected chi connectivity index (χ3v) is 3.29. The van der Waals surface area contributed by atoms with Gasteiger partial charge in [0.2, 0.25) is 0 Å². The first kappa shape index (κ1) is 10.7. The molecule has 0 spiro atoms. The summed E-state index contributed by atoms with van der Waals surface area (Å²) >= 11 is 1.39. The SMILES string of the molecule is Cc1ccc(N(C)c2ncc(C#N)s2)cc1. The van der Waals surface area contributed by atoms with Gasteiger partial charge in [0.1, 0.15) is 10.9 Å². The Bertz CT molecular complexity index is 522. The van der Waals surface area contributed by atoms with Crippen LogP contribution in [0.1, 0.15) is 10.4 Å². The first-order valence-corrected chi connectivity index (χ1v) is 5.68. The van der Waals surface area contributed by atoms with Crippen molar-refractivity contribution in [2.75, 3.05) is 11.9 Å². The van der Waals surface area contributed by atoms with Gasteiger partial charge in [0, 0.05) is 12.7 Å². The number of aryl methyl sites for hydroxylation is 1. The van der Waals surface area contributed by atoms with E-state index < -0.39 is 0 Å². The minimum atomic E-state index is 0.633. The predicted molar refractivity (Wildman–Crippen MR) is 66.1 cm³/mol. The van der Waals surface area contributed by atoms with E-state index in [-0.39, 0.29) is 0 Å². The van der Waals surface area contributed by atoms with Crippen LogP contribution in [0.4, 0.5) is 10.8 Å². The average molecular weight is 229 g/mol. The molecule has 3 nitrogen and oxygen atoms in total. The van der Waals surface area contributed by atoms with Gasteiger partial charge in [0.25, 0.3) is 0 Å². The van der Waals surface area contributed by atoms with Gasteiger partial charge in [-0.05, 0) is 19.1 Å². The number of benzene rings is 1. The quantitative estimate of drug-likeness (QED) is 0.794. The lowest BCUT2D eigenvalue weighted by atomic mass is 10.2. The first-order valence-electron chi connectivity index (χ1n) is 4.87. The molecule has 0 fully saturated rings. The van der Waals surface area contributed by atoms with Crippen LogP contribution in [0, 0.1) is 18.3 Å². The fourth-order valence-electron chi connectivity index (χ4n) is 1.35. The third kappa shape index (κ3) is 2.05. The van der Waals surface area contributed by atoms with Crippen LogP contribution in [0.2, 0.25) is 0 Å². The highest BCUT2D eigenvalue weighted by molar-refractivity contribution is 7.16. The number of hydrogen-bond donors (Lipinski definition) is 0. The Balaban J connectivity index is 2.28. The summed E-state index contributed by atoms with van der Waals surface area (Å²) in [6.07, 6.45) is 1.60. The fourth-order valence-corrected chi connectivity index (χ4v) is 2.05. The summed E-state index contributed by atoms with van der Waals surface area (Å²) in [5, 5.41) is 9.58. The van der Waals surface area contributed by atoms with Crippen molar-refractivity contribution in [3.05, 3.63) is 40.9 Å². The highest BCUT2D eigenvalue weighted by atomic mass is 32.1. The molecule has 0 aliphatic rings. The Hall–Kier alpha value is -1.86. The Morgan fingerprint density at radius 1 is 1.31 bits per heavy atom. The van der Waals surface area contributed by atoms with Crippen LogP contribution < -0.4 is 4.90 Å². The first-order chi connectivity index (χ1) is 7.70. The van der Waals surface area contributed by atoms with Crippen molar-refractivity contribution in [3.8, 4) is 6.07 Å². The van der Waals surface area contributed by atoms with Crippen LogP contribution in [0.5, 0.6) is 0 Å². The van der Waals surface area contributed by atoms with E-state index in [9.17, 15) is 0 Å². The molecule has 0 amide bonds. The van der Waals surface area contributed by atoms with Gasteiger partial charge in [-0.3, -0.25) is 0 Å². The van der Waals surface area contributed by atoms with E-state index in [1.807, 2.05) is 24.1 Å². The molecule has 0 radical (unpaired) electrons. The Kier molecular flexibility index (Phi) is 2.88. The van der Waals surface area contributed by atoms with Gasteiger partial charge in [0.05, 0.1) is 6.20 Å². The number of nitriles is 1. The molecule has 0 atom stereocenters. The van der Waals surface area contributed by atoms with E-state index in [0.29, 0.717) is 4.88 Å². The van der Waals surface area contributed by atoms with E-state index in [1.54, 1.807) is 6.20 Å². The highest BCUT2D eigenvalue weighted by Gasteiger charge is 2.08. The number of nitrogens with zero attached hydrogens (tertiary/aromatic N) is 3. The van der Waals surface area contributed by atoms with Gasteiger partial charge < -0.3 is 4.90 Å². The summed E-state index contributed by atoms with van der Waals surface area (Å²) < 4.78 is 0. The van der Waals surface area contributed by atoms with Gasteiger partial charge in [-0.15, -0.1) is 0 Å². The molecule has 1 aromatic heterocycles. The lowest BCUT2D eigenvalue weighted by Crippen LogP contribution is -2.08. The van der Waals surface area contributed by atoms with Gasteiger partial charge >= 0.3 is 0 Å². The lowest BCUT2D eigenvalue weighted by molar-refractivity contribution is 1.17. The number of rotatable bonds is 2. The second kappa shape index (κ2) is 4.33. The topological polar surface area (TPSA) is 39.9 Å². The standard InChI is InChI=1S/C12H11N3S/c1-9-3-5-10(6-4-9)15(2)12-14-8-11(7-13)16-12/h3-6,8H,1-2H3. The second-order valence-corrected chi connectivity index (χ2v) is 4.52. The van der Waals surface area contributed by atoms with Crippen LogP contribution in [0.3, 0.4) is 0 Å². The third-order valence-electron chi connectivity index (χ3n) is 2.31. The molecular formula is C12H11N3S. The normalized spacial score (nSPS) is 9.81. The Morgan fingerprint density at radius 3 is 2.56 bits per heavy atom. The van der Waals surface area contributed by atoms with Crippen LogP contribution in [-0.2, 0) is 0 Å². The average Bonchev–Trinajstić information content (AvgIpc) is 2.77. The minimum Gasteiger partial charge on any atom is -0.321 e. The zero-order valence-corrected chi connectivity index (χ0v) is 9.95. The van der Waals surface area contributed by atoms with E-state index in [4.69, 9.17) is 5.26 Å². The summed E-state index contributed by atoms with van der Waals surface area (Å²) in [5.41, 5.74) is 2.30. The molecule has 0 N–H and O–H groups in total. The zero-order chi connectivity index (χ0) is 11.5. The van der Waals surface area contributed by atoms with Crippen molar-refractivity contribution in [2.24, 2.45) is 0 Å². The van der Waals surface area contributed by atoms with Gasteiger partial charge in [-0.2, -0.15) is 5.26 Å². The molecule has 80 valence electrons. The predicted octanol–water partition coefficient (Wildman–Crippen LogP) is 3.09. The molecule has 0 saturated carbocycles. The Labute approximate surface area is 98.6 Å². The van der Waals surface area contributed by atoms with Crippen LogP contribution in [0.15, 0.2) is 30.5 Å². The lowest BCUT2D eigenvalue weighted by Gasteiger charge is -2.15. The molecule has 1 heterocycles. The summed E-state index contributed by atoms with van der Waals surface area (Å²) in [4.78, 5) is 6.82. The van der Waals surface area contributed by atoms with E-state index in [0.717, 1.165) is 10.8 Å². The van der Waals surface area contributed by atoms with Gasteiger partial charge in [-0.1, -0.05) is 29.0 Å². The maximum Gasteiger partial charge on any atom is 0.190 e. The van der Waals surface area contributed by atoms with Crippen molar-refractivity contribution in [1.29, 1.82) is 5.26 Å².